The second-order valence-electron chi connectivity index (χ2n) is 4.83. The molecule has 0 aliphatic carbocycles. The first-order valence-electron chi connectivity index (χ1n) is 6.78. The molecule has 0 unspecified atom stereocenters. The monoisotopic (exact) mass is 263 g/mol. The van der Waals surface area contributed by atoms with Gasteiger partial charge >= 0.3 is 0 Å². The SMILES string of the molecule is CN1CCN=C(C=Cc2cccnc2)c2ccccc21. The standard InChI is InChI=1S/C17H17N3/c1-20-12-11-19-16(15-6-2-3-7-17(15)20)9-8-14-5-4-10-18-13-14/h2-10,13H,11-12H2,1H3. The molecule has 1 aliphatic rings. The predicted octanol–water partition coefficient (Wildman–Crippen LogP) is 3.03. The summed E-state index contributed by atoms with van der Waals surface area (Å²) in [4.78, 5) is 11.1. The molecule has 0 atom stereocenters. The summed E-state index contributed by atoms with van der Waals surface area (Å²) in [5.74, 6) is 0. The number of benzodiazepines with no additional fused rings is 1. The zero-order chi connectivity index (χ0) is 13.8. The van der Waals surface area contributed by atoms with Crippen molar-refractivity contribution < 1.29 is 0 Å². The van der Waals surface area contributed by atoms with E-state index in [1.54, 1.807) is 6.20 Å². The maximum atomic E-state index is 4.70. The van der Waals surface area contributed by atoms with Gasteiger partial charge in [0.25, 0.3) is 0 Å². The lowest BCUT2D eigenvalue weighted by atomic mass is 10.1. The van der Waals surface area contributed by atoms with Crippen LogP contribution in [-0.2, 0) is 0 Å². The van der Waals surface area contributed by atoms with Crippen molar-refractivity contribution >= 4 is 17.5 Å². The summed E-state index contributed by atoms with van der Waals surface area (Å²) in [6.45, 7) is 1.76. The molecule has 3 nitrogen and oxygen atoms in total. The highest BCUT2D eigenvalue weighted by Crippen LogP contribution is 2.22. The number of aromatic nitrogens is 1. The van der Waals surface area contributed by atoms with Crippen LogP contribution in [-0.4, -0.2) is 30.8 Å². The number of pyridine rings is 1. The molecule has 0 fully saturated rings. The maximum absolute atomic E-state index is 4.70. The van der Waals surface area contributed by atoms with Crippen LogP contribution in [0.3, 0.4) is 0 Å². The number of aliphatic imine (C=N–C) groups is 1. The highest BCUT2D eigenvalue weighted by atomic mass is 15.1. The van der Waals surface area contributed by atoms with Crippen molar-refractivity contribution in [3.8, 4) is 0 Å². The lowest BCUT2D eigenvalue weighted by Crippen LogP contribution is -2.20. The first-order valence-corrected chi connectivity index (χ1v) is 6.78. The van der Waals surface area contributed by atoms with Crippen LogP contribution < -0.4 is 4.90 Å². The summed E-state index contributed by atoms with van der Waals surface area (Å²) < 4.78 is 0. The van der Waals surface area contributed by atoms with Gasteiger partial charge in [-0.05, 0) is 23.8 Å². The third-order valence-corrected chi connectivity index (χ3v) is 3.43. The minimum absolute atomic E-state index is 0.817. The topological polar surface area (TPSA) is 28.5 Å². The van der Waals surface area contributed by atoms with Gasteiger partial charge in [0.1, 0.15) is 0 Å². The molecule has 100 valence electrons. The molecule has 3 rings (SSSR count). The molecule has 0 saturated carbocycles. The van der Waals surface area contributed by atoms with E-state index in [2.05, 4.69) is 53.3 Å². The fourth-order valence-corrected chi connectivity index (χ4v) is 2.34. The Balaban J connectivity index is 1.95. The molecule has 1 aromatic carbocycles. The van der Waals surface area contributed by atoms with E-state index in [0.29, 0.717) is 0 Å². The van der Waals surface area contributed by atoms with E-state index >= 15 is 0 Å². The van der Waals surface area contributed by atoms with Gasteiger partial charge in [-0.15, -0.1) is 0 Å². The van der Waals surface area contributed by atoms with Crippen molar-refractivity contribution in [3.05, 3.63) is 66.0 Å². The van der Waals surface area contributed by atoms with Gasteiger partial charge in [-0.25, -0.2) is 0 Å². The summed E-state index contributed by atoms with van der Waals surface area (Å²) in [7, 11) is 2.11. The van der Waals surface area contributed by atoms with Crippen molar-refractivity contribution in [2.24, 2.45) is 4.99 Å². The normalized spacial score (nSPS) is 14.8. The molecule has 2 heterocycles. The molecule has 3 heteroatoms. The summed E-state index contributed by atoms with van der Waals surface area (Å²) in [5, 5.41) is 0. The molecule has 0 spiro atoms. The van der Waals surface area contributed by atoms with E-state index < -0.39 is 0 Å². The average Bonchev–Trinajstić information content (AvgIpc) is 2.66. The van der Waals surface area contributed by atoms with Crippen LogP contribution in [0.1, 0.15) is 11.1 Å². The van der Waals surface area contributed by atoms with Crippen LogP contribution in [0.4, 0.5) is 5.69 Å². The predicted molar refractivity (Wildman–Crippen MR) is 84.4 cm³/mol. The van der Waals surface area contributed by atoms with Crippen LogP contribution >= 0.6 is 0 Å². The fourth-order valence-electron chi connectivity index (χ4n) is 2.34. The summed E-state index contributed by atoms with van der Waals surface area (Å²) in [5.41, 5.74) is 4.55. The number of anilines is 1. The number of benzene rings is 1. The smallest absolute Gasteiger partial charge is 0.0668 e. The van der Waals surface area contributed by atoms with Gasteiger partial charge in [0, 0.05) is 37.2 Å². The molecule has 0 radical (unpaired) electrons. The van der Waals surface area contributed by atoms with Crippen LogP contribution in [0.15, 0.2) is 59.9 Å². The number of hydrogen-bond donors (Lipinski definition) is 0. The Hall–Kier alpha value is -2.42. The summed E-state index contributed by atoms with van der Waals surface area (Å²) >= 11 is 0. The average molecular weight is 263 g/mol. The largest absolute Gasteiger partial charge is 0.372 e. The van der Waals surface area contributed by atoms with Gasteiger partial charge in [-0.3, -0.25) is 9.98 Å². The van der Waals surface area contributed by atoms with Gasteiger partial charge in [-0.2, -0.15) is 0 Å². The Morgan fingerprint density at radius 3 is 2.85 bits per heavy atom. The van der Waals surface area contributed by atoms with Crippen LogP contribution in [0.5, 0.6) is 0 Å². The van der Waals surface area contributed by atoms with Gasteiger partial charge in [0.2, 0.25) is 0 Å². The van der Waals surface area contributed by atoms with E-state index in [1.165, 1.54) is 11.3 Å². The lowest BCUT2D eigenvalue weighted by molar-refractivity contribution is 0.897. The van der Waals surface area contributed by atoms with E-state index in [0.717, 1.165) is 24.4 Å². The zero-order valence-electron chi connectivity index (χ0n) is 11.5. The van der Waals surface area contributed by atoms with Crippen LogP contribution in [0.2, 0.25) is 0 Å². The third-order valence-electron chi connectivity index (χ3n) is 3.43. The third kappa shape index (κ3) is 2.62. The van der Waals surface area contributed by atoms with Crippen molar-refractivity contribution in [3.63, 3.8) is 0 Å². The summed E-state index contributed by atoms with van der Waals surface area (Å²) in [6, 6.07) is 12.4. The van der Waals surface area contributed by atoms with Crippen LogP contribution in [0.25, 0.3) is 6.08 Å². The van der Waals surface area contributed by atoms with Gasteiger partial charge in [0.15, 0.2) is 0 Å². The van der Waals surface area contributed by atoms with Gasteiger partial charge in [-0.1, -0.05) is 30.3 Å². The van der Waals surface area contributed by atoms with E-state index in [9.17, 15) is 0 Å². The molecule has 0 N–H and O–H groups in total. The molecule has 2 aromatic rings. The number of para-hydroxylation sites is 1. The Morgan fingerprint density at radius 1 is 1.10 bits per heavy atom. The van der Waals surface area contributed by atoms with Crippen molar-refractivity contribution in [1.29, 1.82) is 0 Å². The molecule has 0 amide bonds. The van der Waals surface area contributed by atoms with Crippen molar-refractivity contribution in [1.82, 2.24) is 4.98 Å². The van der Waals surface area contributed by atoms with E-state index in [1.807, 2.05) is 18.3 Å². The fraction of sp³-hybridized carbons (Fsp3) is 0.176. The number of nitrogens with zero attached hydrogens (tertiary/aromatic N) is 3. The lowest BCUT2D eigenvalue weighted by Gasteiger charge is -2.18. The molecule has 0 saturated heterocycles. The second-order valence-corrected chi connectivity index (χ2v) is 4.83. The molecule has 1 aliphatic heterocycles. The van der Waals surface area contributed by atoms with Crippen molar-refractivity contribution in [2.75, 3.05) is 25.0 Å². The molecular weight excluding hydrogens is 246 g/mol. The van der Waals surface area contributed by atoms with Crippen molar-refractivity contribution in [2.45, 2.75) is 0 Å². The highest BCUT2D eigenvalue weighted by Gasteiger charge is 2.13. The molecular formula is C17H17N3. The summed E-state index contributed by atoms with van der Waals surface area (Å²) in [6.07, 6.45) is 7.78. The molecule has 20 heavy (non-hydrogen) atoms. The highest BCUT2D eigenvalue weighted by molar-refractivity contribution is 6.14. The van der Waals surface area contributed by atoms with Gasteiger partial charge in [0.05, 0.1) is 12.3 Å². The number of fused-ring (bicyclic) bond motifs is 1. The second kappa shape index (κ2) is 5.70. The number of rotatable bonds is 2. The molecule has 0 bridgehead atoms. The zero-order valence-corrected chi connectivity index (χ0v) is 11.5. The Bertz CT molecular complexity index is 644. The Kier molecular flexibility index (Phi) is 3.59. The Morgan fingerprint density at radius 2 is 2.00 bits per heavy atom. The van der Waals surface area contributed by atoms with E-state index in [4.69, 9.17) is 4.99 Å². The maximum Gasteiger partial charge on any atom is 0.0668 e. The first kappa shape index (κ1) is 12.6. The first-order chi connectivity index (χ1) is 9.84. The number of hydrogen-bond acceptors (Lipinski definition) is 3. The quantitative estimate of drug-likeness (QED) is 0.833. The van der Waals surface area contributed by atoms with Crippen LogP contribution in [0, 0.1) is 0 Å². The minimum atomic E-state index is 0.817. The number of likely N-dealkylation sites (N-methyl/N-ethyl adjacent to an activating group) is 1. The van der Waals surface area contributed by atoms with E-state index in [-0.39, 0.29) is 0 Å². The Labute approximate surface area is 119 Å². The minimum Gasteiger partial charge on any atom is -0.372 e. The number of allylic oxidation sites excluding steroid dienone is 1. The van der Waals surface area contributed by atoms with Gasteiger partial charge < -0.3 is 4.90 Å². The molecule has 1 aromatic heterocycles.